The Balaban J connectivity index is 1.51. The summed E-state index contributed by atoms with van der Waals surface area (Å²) in [7, 11) is 0. The molecule has 2 heterocycles. The first-order valence-electron chi connectivity index (χ1n) is 7.57. The molecule has 2 heteroatoms. The minimum Gasteiger partial charge on any atom is -0.393 e. The second kappa shape index (κ2) is 4.55. The van der Waals surface area contributed by atoms with Crippen LogP contribution in [-0.4, -0.2) is 34.7 Å². The minimum absolute atomic E-state index is 0.00597. The summed E-state index contributed by atoms with van der Waals surface area (Å²) in [5.41, 5.74) is 0. The number of piperidine rings is 1. The van der Waals surface area contributed by atoms with Gasteiger partial charge in [0.15, 0.2) is 0 Å². The molecule has 0 aromatic carbocycles. The molecule has 3 atom stereocenters. The van der Waals surface area contributed by atoms with E-state index < -0.39 is 0 Å². The lowest BCUT2D eigenvalue weighted by atomic mass is 9.69. The molecule has 0 amide bonds. The number of hydrogen-bond acceptors (Lipinski definition) is 2. The van der Waals surface area contributed by atoms with Gasteiger partial charge >= 0.3 is 0 Å². The van der Waals surface area contributed by atoms with Gasteiger partial charge < -0.3 is 5.11 Å². The van der Waals surface area contributed by atoms with Gasteiger partial charge in [0.1, 0.15) is 0 Å². The van der Waals surface area contributed by atoms with Gasteiger partial charge in [-0.2, -0.15) is 0 Å². The van der Waals surface area contributed by atoms with E-state index in [2.05, 4.69) is 18.7 Å². The second-order valence-electron chi connectivity index (χ2n) is 7.05. The van der Waals surface area contributed by atoms with E-state index in [9.17, 15) is 5.11 Å². The monoisotopic (exact) mass is 237 g/mol. The fourth-order valence-corrected chi connectivity index (χ4v) is 4.32. The molecule has 1 N–H and O–H groups in total. The summed E-state index contributed by atoms with van der Waals surface area (Å²) >= 11 is 0. The van der Waals surface area contributed by atoms with Crippen molar-refractivity contribution >= 4 is 0 Å². The minimum atomic E-state index is -0.00597. The summed E-state index contributed by atoms with van der Waals surface area (Å²) in [6.07, 6.45) is 7.65. The fourth-order valence-electron chi connectivity index (χ4n) is 4.32. The standard InChI is InChI=1S/C15H27NO/c1-10(2)12-5-11(6-12)9-16-13-3-4-14(16)8-15(17)7-13/h10-15,17H,3-9H2,1-2H3/t11?,12?,13-,14+,15?. The van der Waals surface area contributed by atoms with E-state index in [1.165, 1.54) is 32.2 Å². The predicted octanol–water partition coefficient (Wildman–Crippen LogP) is 2.66. The molecule has 3 aliphatic rings. The molecule has 2 bridgehead atoms. The zero-order valence-electron chi connectivity index (χ0n) is 11.3. The Bertz CT molecular complexity index is 258. The van der Waals surface area contributed by atoms with Crippen molar-refractivity contribution < 1.29 is 5.11 Å². The van der Waals surface area contributed by atoms with Crippen molar-refractivity contribution in [2.24, 2.45) is 17.8 Å². The SMILES string of the molecule is CC(C)C1CC(CN2[C@@H]3CC[C@H]2CC(O)C3)C1. The highest BCUT2D eigenvalue weighted by Crippen LogP contribution is 2.43. The lowest BCUT2D eigenvalue weighted by molar-refractivity contribution is 0.00593. The van der Waals surface area contributed by atoms with Crippen LogP contribution in [0.2, 0.25) is 0 Å². The van der Waals surface area contributed by atoms with Crippen molar-refractivity contribution in [1.29, 1.82) is 0 Å². The van der Waals surface area contributed by atoms with Gasteiger partial charge in [0, 0.05) is 18.6 Å². The number of rotatable bonds is 3. The molecule has 0 aromatic rings. The normalized spacial score (nSPS) is 46.2. The van der Waals surface area contributed by atoms with Crippen molar-refractivity contribution in [2.75, 3.05) is 6.54 Å². The van der Waals surface area contributed by atoms with Gasteiger partial charge in [0.2, 0.25) is 0 Å². The van der Waals surface area contributed by atoms with Crippen LogP contribution in [-0.2, 0) is 0 Å². The van der Waals surface area contributed by atoms with E-state index in [0.717, 1.165) is 30.6 Å². The maximum absolute atomic E-state index is 9.80. The lowest BCUT2D eigenvalue weighted by Gasteiger charge is -2.45. The van der Waals surface area contributed by atoms with E-state index >= 15 is 0 Å². The Morgan fingerprint density at radius 3 is 2.18 bits per heavy atom. The van der Waals surface area contributed by atoms with Crippen LogP contribution in [0.3, 0.4) is 0 Å². The molecule has 1 saturated carbocycles. The molecule has 98 valence electrons. The van der Waals surface area contributed by atoms with Gasteiger partial charge in [0.25, 0.3) is 0 Å². The van der Waals surface area contributed by atoms with Gasteiger partial charge in [-0.3, -0.25) is 4.90 Å². The molecule has 0 radical (unpaired) electrons. The zero-order chi connectivity index (χ0) is 12.0. The van der Waals surface area contributed by atoms with Gasteiger partial charge in [-0.25, -0.2) is 0 Å². The third-order valence-corrected chi connectivity index (χ3v) is 5.54. The predicted molar refractivity (Wildman–Crippen MR) is 69.8 cm³/mol. The summed E-state index contributed by atoms with van der Waals surface area (Å²) in [6.45, 7) is 6.05. The molecule has 2 aliphatic heterocycles. The average molecular weight is 237 g/mol. The molecule has 17 heavy (non-hydrogen) atoms. The molecule has 2 nitrogen and oxygen atoms in total. The maximum Gasteiger partial charge on any atom is 0.0570 e. The van der Waals surface area contributed by atoms with Crippen LogP contribution in [0.4, 0.5) is 0 Å². The molecule has 1 unspecified atom stereocenters. The highest BCUT2D eigenvalue weighted by atomic mass is 16.3. The van der Waals surface area contributed by atoms with Crippen LogP contribution >= 0.6 is 0 Å². The molecule has 2 saturated heterocycles. The fraction of sp³-hybridized carbons (Fsp3) is 1.00. The number of nitrogens with zero attached hydrogens (tertiary/aromatic N) is 1. The molecule has 0 spiro atoms. The highest BCUT2D eigenvalue weighted by Gasteiger charge is 2.42. The van der Waals surface area contributed by atoms with Crippen LogP contribution in [0.1, 0.15) is 52.4 Å². The van der Waals surface area contributed by atoms with E-state index in [1.807, 2.05) is 0 Å². The van der Waals surface area contributed by atoms with Gasteiger partial charge in [-0.1, -0.05) is 13.8 Å². The molecule has 3 fully saturated rings. The number of aliphatic hydroxyl groups excluding tert-OH is 1. The van der Waals surface area contributed by atoms with Crippen molar-refractivity contribution in [3.63, 3.8) is 0 Å². The van der Waals surface area contributed by atoms with Crippen molar-refractivity contribution in [3.8, 4) is 0 Å². The number of fused-ring (bicyclic) bond motifs is 2. The number of aliphatic hydroxyl groups is 1. The quantitative estimate of drug-likeness (QED) is 0.815. The second-order valence-corrected chi connectivity index (χ2v) is 7.05. The molecular formula is C15H27NO. The topological polar surface area (TPSA) is 23.5 Å². The Kier molecular flexibility index (Phi) is 3.20. The Morgan fingerprint density at radius 1 is 1.06 bits per heavy atom. The first-order chi connectivity index (χ1) is 8.13. The summed E-state index contributed by atoms with van der Waals surface area (Å²) in [5.74, 6) is 2.83. The summed E-state index contributed by atoms with van der Waals surface area (Å²) in [6, 6.07) is 1.42. The van der Waals surface area contributed by atoms with E-state index in [0.29, 0.717) is 12.1 Å². The average Bonchev–Trinajstić information content (AvgIpc) is 2.43. The lowest BCUT2D eigenvalue weighted by Crippen LogP contribution is -2.48. The van der Waals surface area contributed by atoms with Crippen LogP contribution in [0.25, 0.3) is 0 Å². The largest absolute Gasteiger partial charge is 0.393 e. The van der Waals surface area contributed by atoms with Crippen LogP contribution < -0.4 is 0 Å². The third kappa shape index (κ3) is 2.26. The van der Waals surface area contributed by atoms with E-state index in [4.69, 9.17) is 0 Å². The number of hydrogen-bond donors (Lipinski definition) is 1. The zero-order valence-corrected chi connectivity index (χ0v) is 11.3. The smallest absolute Gasteiger partial charge is 0.0570 e. The first-order valence-corrected chi connectivity index (χ1v) is 7.57. The van der Waals surface area contributed by atoms with Crippen molar-refractivity contribution in [2.45, 2.75) is 70.6 Å². The van der Waals surface area contributed by atoms with Gasteiger partial charge in [0.05, 0.1) is 6.10 Å². The van der Waals surface area contributed by atoms with Crippen molar-refractivity contribution in [1.82, 2.24) is 4.90 Å². The highest BCUT2D eigenvalue weighted by molar-refractivity contribution is 4.97. The van der Waals surface area contributed by atoms with Crippen LogP contribution in [0.5, 0.6) is 0 Å². The third-order valence-electron chi connectivity index (χ3n) is 5.54. The Morgan fingerprint density at radius 2 is 1.65 bits per heavy atom. The molecule has 3 rings (SSSR count). The van der Waals surface area contributed by atoms with Crippen molar-refractivity contribution in [3.05, 3.63) is 0 Å². The van der Waals surface area contributed by atoms with Crippen LogP contribution in [0, 0.1) is 17.8 Å². The molecule has 1 aliphatic carbocycles. The van der Waals surface area contributed by atoms with Crippen LogP contribution in [0.15, 0.2) is 0 Å². The Hall–Kier alpha value is -0.0800. The molecular weight excluding hydrogens is 210 g/mol. The summed E-state index contributed by atoms with van der Waals surface area (Å²) < 4.78 is 0. The Labute approximate surface area is 105 Å². The first kappa shape index (κ1) is 12.0. The van der Waals surface area contributed by atoms with Gasteiger partial charge in [-0.05, 0) is 56.3 Å². The van der Waals surface area contributed by atoms with Gasteiger partial charge in [-0.15, -0.1) is 0 Å². The van der Waals surface area contributed by atoms with E-state index in [-0.39, 0.29) is 6.10 Å². The maximum atomic E-state index is 9.80. The summed E-state index contributed by atoms with van der Waals surface area (Å²) in [5, 5.41) is 9.80. The van der Waals surface area contributed by atoms with E-state index in [1.54, 1.807) is 0 Å². The molecule has 0 aromatic heterocycles. The summed E-state index contributed by atoms with van der Waals surface area (Å²) in [4.78, 5) is 2.74.